The number of benzene rings is 2. The van der Waals surface area contributed by atoms with E-state index in [9.17, 15) is 9.90 Å². The molecule has 0 spiro atoms. The summed E-state index contributed by atoms with van der Waals surface area (Å²) in [6.07, 6.45) is 0.665. The number of hydrogen-bond acceptors (Lipinski definition) is 3. The first kappa shape index (κ1) is 21.3. The van der Waals surface area contributed by atoms with Gasteiger partial charge in [-0.15, -0.1) is 0 Å². The fourth-order valence-electron chi connectivity index (χ4n) is 4.53. The average Bonchev–Trinajstić information content (AvgIpc) is 2.73. The van der Waals surface area contributed by atoms with E-state index in [2.05, 4.69) is 58.0 Å². The molecular weight excluding hydrogens is 384 g/mol. The van der Waals surface area contributed by atoms with Crippen molar-refractivity contribution in [2.24, 2.45) is 0 Å². The number of aromatic nitrogens is 1. The second kappa shape index (κ2) is 8.27. The molecule has 0 saturated carbocycles. The number of anilines is 1. The van der Waals surface area contributed by atoms with Crippen LogP contribution < -0.4 is 4.90 Å². The number of carbonyl (C=O) groups excluding carboxylic acids is 1. The lowest BCUT2D eigenvalue weighted by molar-refractivity contribution is 0.0976. The predicted octanol–water partition coefficient (Wildman–Crippen LogP) is 5.49. The summed E-state index contributed by atoms with van der Waals surface area (Å²) >= 11 is 0. The number of rotatable bonds is 4. The second-order valence-corrected chi connectivity index (χ2v) is 8.82. The van der Waals surface area contributed by atoms with Crippen LogP contribution in [0.4, 0.5) is 5.69 Å². The number of aliphatic hydroxyl groups is 1. The molecule has 31 heavy (non-hydrogen) atoms. The molecule has 2 aromatic carbocycles. The van der Waals surface area contributed by atoms with Gasteiger partial charge in [0.05, 0.1) is 23.6 Å². The molecule has 3 aromatic rings. The van der Waals surface area contributed by atoms with Gasteiger partial charge in [0.15, 0.2) is 0 Å². The molecule has 1 amide bonds. The summed E-state index contributed by atoms with van der Waals surface area (Å²) in [5.74, 6) is 0.316. The van der Waals surface area contributed by atoms with E-state index in [1.807, 2.05) is 24.0 Å². The van der Waals surface area contributed by atoms with Gasteiger partial charge in [-0.1, -0.05) is 44.2 Å². The summed E-state index contributed by atoms with van der Waals surface area (Å²) in [6.45, 7) is 10.9. The highest BCUT2D eigenvalue weighted by atomic mass is 16.3. The zero-order valence-electron chi connectivity index (χ0n) is 19.0. The van der Waals surface area contributed by atoms with Crippen molar-refractivity contribution in [2.75, 3.05) is 11.4 Å². The van der Waals surface area contributed by atoms with E-state index in [0.29, 0.717) is 30.0 Å². The Morgan fingerprint density at radius 2 is 1.71 bits per heavy atom. The summed E-state index contributed by atoms with van der Waals surface area (Å²) in [5, 5.41) is 10.2. The first-order valence-electron chi connectivity index (χ1n) is 10.9. The number of fused-ring (bicyclic) bond motifs is 1. The van der Waals surface area contributed by atoms with Crippen molar-refractivity contribution in [2.45, 2.75) is 53.6 Å². The van der Waals surface area contributed by atoms with Crippen LogP contribution in [0.25, 0.3) is 11.3 Å². The van der Waals surface area contributed by atoms with Gasteiger partial charge in [0.2, 0.25) is 0 Å². The maximum Gasteiger partial charge on any atom is 0.260 e. The van der Waals surface area contributed by atoms with Crippen LogP contribution in [-0.4, -0.2) is 22.5 Å². The van der Waals surface area contributed by atoms with Gasteiger partial charge in [-0.3, -0.25) is 9.78 Å². The molecular formula is C27H30N2O2. The molecule has 0 radical (unpaired) electrons. The van der Waals surface area contributed by atoms with Crippen LogP contribution in [0.1, 0.15) is 63.6 Å². The molecule has 0 aliphatic carbocycles. The SMILES string of the molecule is Cc1ccc(C(C)C)cc1N1CCc2nc(-c3c(C)cccc3C)cc(CO)c2C1=O. The lowest BCUT2D eigenvalue weighted by Crippen LogP contribution is -2.39. The van der Waals surface area contributed by atoms with E-state index in [0.717, 1.165) is 39.3 Å². The standard InChI is InChI=1S/C27H30N2O2/c1-16(2)20-10-9-17(3)24(14-20)29-12-11-22-26(27(29)31)21(15-30)13-23(28-22)25-18(4)7-6-8-19(25)5/h6-10,13-14,16,30H,11-12,15H2,1-5H3. The third-order valence-electron chi connectivity index (χ3n) is 6.31. The van der Waals surface area contributed by atoms with Gasteiger partial charge in [0.1, 0.15) is 0 Å². The van der Waals surface area contributed by atoms with Crippen LogP contribution in [0.3, 0.4) is 0 Å². The number of carbonyl (C=O) groups is 1. The Kier molecular flexibility index (Phi) is 5.67. The third kappa shape index (κ3) is 3.77. The largest absolute Gasteiger partial charge is 0.392 e. The van der Waals surface area contributed by atoms with E-state index in [1.54, 1.807) is 0 Å². The zero-order chi connectivity index (χ0) is 22.3. The van der Waals surface area contributed by atoms with Crippen LogP contribution in [0.5, 0.6) is 0 Å². The Morgan fingerprint density at radius 3 is 2.35 bits per heavy atom. The zero-order valence-corrected chi connectivity index (χ0v) is 19.0. The molecule has 0 saturated heterocycles. The van der Waals surface area contributed by atoms with E-state index < -0.39 is 0 Å². The highest BCUT2D eigenvalue weighted by Gasteiger charge is 2.31. The van der Waals surface area contributed by atoms with Crippen LogP contribution in [0, 0.1) is 20.8 Å². The van der Waals surface area contributed by atoms with Crippen molar-refractivity contribution in [1.82, 2.24) is 4.98 Å². The molecule has 4 nitrogen and oxygen atoms in total. The Hall–Kier alpha value is -2.98. The van der Waals surface area contributed by atoms with Crippen molar-refractivity contribution in [1.29, 1.82) is 0 Å². The lowest BCUT2D eigenvalue weighted by atomic mass is 9.93. The Balaban J connectivity index is 1.81. The fourth-order valence-corrected chi connectivity index (χ4v) is 4.53. The number of aryl methyl sites for hydroxylation is 3. The van der Waals surface area contributed by atoms with Gasteiger partial charge in [-0.05, 0) is 66.6 Å². The molecule has 4 rings (SSSR count). The van der Waals surface area contributed by atoms with Crippen molar-refractivity contribution in [3.8, 4) is 11.3 Å². The number of nitrogens with zero attached hydrogens (tertiary/aromatic N) is 2. The minimum absolute atomic E-state index is 0.0742. The van der Waals surface area contributed by atoms with Crippen molar-refractivity contribution in [3.63, 3.8) is 0 Å². The van der Waals surface area contributed by atoms with Gasteiger partial charge in [-0.2, -0.15) is 0 Å². The minimum Gasteiger partial charge on any atom is -0.392 e. The first-order chi connectivity index (χ1) is 14.8. The number of amides is 1. The summed E-state index contributed by atoms with van der Waals surface area (Å²) in [4.78, 5) is 20.3. The topological polar surface area (TPSA) is 53.4 Å². The minimum atomic E-state index is -0.187. The molecule has 1 aliphatic heterocycles. The molecule has 1 N–H and O–H groups in total. The average molecular weight is 415 g/mol. The normalized spacial score (nSPS) is 13.6. The summed E-state index contributed by atoms with van der Waals surface area (Å²) in [7, 11) is 0. The van der Waals surface area contributed by atoms with Crippen molar-refractivity contribution >= 4 is 11.6 Å². The highest BCUT2D eigenvalue weighted by Crippen LogP contribution is 2.34. The van der Waals surface area contributed by atoms with Gasteiger partial charge in [0.25, 0.3) is 5.91 Å². The lowest BCUT2D eigenvalue weighted by Gasteiger charge is -2.31. The van der Waals surface area contributed by atoms with Crippen LogP contribution in [0.2, 0.25) is 0 Å². The van der Waals surface area contributed by atoms with Crippen LogP contribution in [0.15, 0.2) is 42.5 Å². The maximum atomic E-state index is 13.6. The monoisotopic (exact) mass is 414 g/mol. The Morgan fingerprint density at radius 1 is 1.00 bits per heavy atom. The molecule has 0 unspecified atom stereocenters. The van der Waals surface area contributed by atoms with Crippen LogP contribution >= 0.6 is 0 Å². The van der Waals surface area contributed by atoms with Crippen molar-refractivity contribution in [3.05, 3.63) is 81.5 Å². The molecule has 0 bridgehead atoms. The first-order valence-corrected chi connectivity index (χ1v) is 10.9. The Labute approximate surface area is 184 Å². The van der Waals surface area contributed by atoms with Crippen molar-refractivity contribution < 1.29 is 9.90 Å². The van der Waals surface area contributed by atoms with Gasteiger partial charge < -0.3 is 10.0 Å². The second-order valence-electron chi connectivity index (χ2n) is 8.82. The number of hydrogen-bond donors (Lipinski definition) is 1. The molecule has 160 valence electrons. The molecule has 0 atom stereocenters. The molecule has 4 heteroatoms. The summed E-state index contributed by atoms with van der Waals surface area (Å²) in [6, 6.07) is 14.4. The number of aliphatic hydroxyl groups excluding tert-OH is 1. The van der Waals surface area contributed by atoms with E-state index in [4.69, 9.17) is 4.98 Å². The molecule has 1 aliphatic rings. The Bertz CT molecular complexity index is 1130. The van der Waals surface area contributed by atoms with E-state index in [1.165, 1.54) is 5.56 Å². The highest BCUT2D eigenvalue weighted by molar-refractivity contribution is 6.09. The predicted molar refractivity (Wildman–Crippen MR) is 126 cm³/mol. The maximum absolute atomic E-state index is 13.6. The van der Waals surface area contributed by atoms with Gasteiger partial charge in [-0.25, -0.2) is 0 Å². The van der Waals surface area contributed by atoms with Crippen LogP contribution in [-0.2, 0) is 13.0 Å². The van der Waals surface area contributed by atoms with Gasteiger partial charge in [0, 0.05) is 24.2 Å². The number of pyridine rings is 1. The molecule has 2 heterocycles. The third-order valence-corrected chi connectivity index (χ3v) is 6.31. The molecule has 0 fully saturated rings. The van der Waals surface area contributed by atoms with E-state index >= 15 is 0 Å². The molecule has 1 aromatic heterocycles. The smallest absolute Gasteiger partial charge is 0.260 e. The summed E-state index contributed by atoms with van der Waals surface area (Å²) in [5.41, 5.74) is 9.41. The van der Waals surface area contributed by atoms with E-state index in [-0.39, 0.29) is 12.5 Å². The fraction of sp³-hybridized carbons (Fsp3) is 0.333. The van der Waals surface area contributed by atoms with Gasteiger partial charge >= 0.3 is 0 Å². The summed E-state index contributed by atoms with van der Waals surface area (Å²) < 4.78 is 0. The quantitative estimate of drug-likeness (QED) is 0.614.